The van der Waals surface area contributed by atoms with Crippen molar-refractivity contribution in [2.75, 3.05) is 5.73 Å². The molecule has 3 heterocycles. The van der Waals surface area contributed by atoms with Gasteiger partial charge in [0.2, 0.25) is 5.95 Å². The van der Waals surface area contributed by atoms with Crippen molar-refractivity contribution in [1.29, 1.82) is 0 Å². The Balaban J connectivity index is 1.89. The number of hydrogen-bond acceptors (Lipinski definition) is 13. The molecule has 3 rings (SSSR count). The van der Waals surface area contributed by atoms with Gasteiger partial charge in [0.05, 0.1) is 12.4 Å². The number of aliphatic hydroxyl groups is 2. The van der Waals surface area contributed by atoms with Crippen LogP contribution in [0.3, 0.4) is 0 Å². The highest BCUT2D eigenvalue weighted by Gasteiger charge is 2.58. The zero-order chi connectivity index (χ0) is 26.6. The molecular weight excluding hydrogens is 559 g/mol. The number of H-pyrrole nitrogens is 1. The first-order chi connectivity index (χ1) is 15.9. The summed E-state index contributed by atoms with van der Waals surface area (Å²) in [6.07, 6.45) is -0.454. The van der Waals surface area contributed by atoms with Crippen molar-refractivity contribution < 1.29 is 61.4 Å². The Kier molecular flexibility index (Phi) is 7.50. The second kappa shape index (κ2) is 9.38. The number of aromatic amines is 1. The van der Waals surface area contributed by atoms with Crippen molar-refractivity contribution in [3.63, 3.8) is 0 Å². The molecule has 194 valence electrons. The first kappa shape index (κ1) is 28.0. The number of terminal acetylenes is 1. The van der Waals surface area contributed by atoms with Crippen molar-refractivity contribution >= 4 is 52.8 Å². The second-order valence-corrected chi connectivity index (χ2v) is 11.8. The van der Waals surface area contributed by atoms with Crippen LogP contribution >= 0.6 is 35.7 Å². The number of aromatic nitrogens is 4. The predicted molar refractivity (Wildman–Crippen MR) is 115 cm³/mol. The van der Waals surface area contributed by atoms with Gasteiger partial charge in [-0.15, -0.1) is 6.42 Å². The zero-order valence-electron chi connectivity index (χ0n) is 17.2. The molecule has 1 aliphatic rings. The number of phosphoric ester groups is 1. The standard InChI is InChI=1S/C13H18N5O13P3S/c1-3-13(20)8(19)7(5(2)29-33(24,25)31-34(26,27)30-32(21,22)23)28-11(13)18-4-15-6-9(18)16-12(14)17-10(6)35/h1,4-5,7-8,11,19-20H,2H3,(H,24,25)(H,26,27)(H2,21,22,23)(H3,14,16,17,35)/t5-,7+,8-,11+,13?/m0/s1. The van der Waals surface area contributed by atoms with Gasteiger partial charge in [-0.2, -0.15) is 13.6 Å². The number of imidazole rings is 1. The lowest BCUT2D eigenvalue weighted by atomic mass is 9.93. The number of nitrogens with two attached hydrogens (primary N) is 1. The van der Waals surface area contributed by atoms with Gasteiger partial charge in [-0.3, -0.25) is 9.09 Å². The van der Waals surface area contributed by atoms with Gasteiger partial charge in [-0.1, -0.05) is 18.1 Å². The van der Waals surface area contributed by atoms with E-state index in [4.69, 9.17) is 38.9 Å². The van der Waals surface area contributed by atoms with Gasteiger partial charge >= 0.3 is 23.5 Å². The van der Waals surface area contributed by atoms with Crippen LogP contribution in [0.25, 0.3) is 11.2 Å². The van der Waals surface area contributed by atoms with Crippen molar-refractivity contribution in [2.45, 2.75) is 37.1 Å². The number of nitrogens with one attached hydrogen (secondary N) is 1. The van der Waals surface area contributed by atoms with E-state index in [1.54, 1.807) is 0 Å². The average Bonchev–Trinajstić information content (AvgIpc) is 3.18. The molecule has 0 aromatic carbocycles. The first-order valence-corrected chi connectivity index (χ1v) is 13.9. The number of nitrogen functional groups attached to an aromatic ring is 1. The number of fused-ring (bicyclic) bond motifs is 1. The average molecular weight is 577 g/mol. The highest BCUT2D eigenvalue weighted by Crippen LogP contribution is 2.66. The molecule has 3 unspecified atom stereocenters. The fraction of sp³-hybridized carbons (Fsp3) is 0.462. The molecule has 35 heavy (non-hydrogen) atoms. The molecule has 2 aromatic heterocycles. The Morgan fingerprint density at radius 1 is 1.31 bits per heavy atom. The van der Waals surface area contributed by atoms with Gasteiger partial charge in [-0.05, 0) is 6.92 Å². The van der Waals surface area contributed by atoms with Crippen molar-refractivity contribution in [2.24, 2.45) is 0 Å². The molecule has 22 heteroatoms. The Morgan fingerprint density at radius 3 is 2.51 bits per heavy atom. The Labute approximate surface area is 200 Å². The molecule has 7 atom stereocenters. The van der Waals surface area contributed by atoms with Crippen LogP contribution in [0.4, 0.5) is 5.95 Å². The van der Waals surface area contributed by atoms with E-state index in [0.717, 1.165) is 17.8 Å². The second-order valence-electron chi connectivity index (χ2n) is 7.04. The molecule has 2 aromatic rings. The van der Waals surface area contributed by atoms with E-state index in [0.29, 0.717) is 0 Å². The van der Waals surface area contributed by atoms with Gasteiger partial charge in [0, 0.05) is 0 Å². The van der Waals surface area contributed by atoms with Crippen molar-refractivity contribution in [1.82, 2.24) is 19.5 Å². The SMILES string of the molecule is C#CC1(O)[C@@H](O)[C@@H]([C@H](C)OP(=O)(O)OP(=O)(O)OP(=O)(O)O)O[C@H]1n1cnc2c(=S)[nH]c(N)nc21. The summed E-state index contributed by atoms with van der Waals surface area (Å²) in [4.78, 5) is 46.8. The third-order valence-electron chi connectivity index (χ3n) is 4.54. The van der Waals surface area contributed by atoms with Crippen LogP contribution in [-0.2, 0) is 31.6 Å². The minimum absolute atomic E-state index is 0.00156. The molecule has 0 spiro atoms. The maximum absolute atomic E-state index is 12.1. The van der Waals surface area contributed by atoms with E-state index < -0.39 is 53.6 Å². The van der Waals surface area contributed by atoms with Crippen LogP contribution in [0.15, 0.2) is 6.33 Å². The van der Waals surface area contributed by atoms with Crippen molar-refractivity contribution in [3.05, 3.63) is 11.0 Å². The molecule has 0 amide bonds. The normalized spacial score (nSPS) is 29.4. The van der Waals surface area contributed by atoms with Crippen LogP contribution in [0.2, 0.25) is 0 Å². The van der Waals surface area contributed by atoms with E-state index in [-0.39, 0.29) is 21.8 Å². The fourth-order valence-electron chi connectivity index (χ4n) is 3.21. The molecule has 18 nitrogen and oxygen atoms in total. The van der Waals surface area contributed by atoms with Gasteiger partial charge < -0.3 is 45.2 Å². The summed E-state index contributed by atoms with van der Waals surface area (Å²) in [6, 6.07) is 0. The lowest BCUT2D eigenvalue weighted by Crippen LogP contribution is -2.47. The van der Waals surface area contributed by atoms with E-state index in [1.807, 2.05) is 5.92 Å². The maximum atomic E-state index is 12.1. The minimum Gasteiger partial charge on any atom is -0.386 e. The maximum Gasteiger partial charge on any atom is 0.490 e. The predicted octanol–water partition coefficient (Wildman–Crippen LogP) is -0.575. The highest BCUT2D eigenvalue weighted by molar-refractivity contribution is 7.71. The van der Waals surface area contributed by atoms with Gasteiger partial charge in [0.15, 0.2) is 17.5 Å². The number of aliphatic hydroxyl groups excluding tert-OH is 1. The van der Waals surface area contributed by atoms with Crippen LogP contribution < -0.4 is 5.73 Å². The van der Waals surface area contributed by atoms with Crippen LogP contribution in [-0.4, -0.2) is 73.2 Å². The lowest BCUT2D eigenvalue weighted by Gasteiger charge is -2.27. The summed E-state index contributed by atoms with van der Waals surface area (Å²) in [5, 5.41) is 21.6. The smallest absolute Gasteiger partial charge is 0.386 e. The van der Waals surface area contributed by atoms with Crippen molar-refractivity contribution in [3.8, 4) is 12.3 Å². The van der Waals surface area contributed by atoms with Gasteiger partial charge in [0.25, 0.3) is 0 Å². The number of ether oxygens (including phenoxy) is 1. The molecule has 1 saturated heterocycles. The Hall–Kier alpha value is -1.58. The molecule has 0 radical (unpaired) electrons. The number of nitrogens with zero attached hydrogens (tertiary/aromatic N) is 3. The van der Waals surface area contributed by atoms with Crippen LogP contribution in [0.5, 0.6) is 0 Å². The van der Waals surface area contributed by atoms with Crippen LogP contribution in [0, 0.1) is 17.0 Å². The van der Waals surface area contributed by atoms with E-state index in [2.05, 4.69) is 28.1 Å². The number of rotatable bonds is 8. The molecule has 0 saturated carbocycles. The fourth-order valence-corrected chi connectivity index (χ4v) is 6.66. The summed E-state index contributed by atoms with van der Waals surface area (Å²) in [7, 11) is -17.0. The molecule has 0 aliphatic carbocycles. The molecule has 9 N–H and O–H groups in total. The lowest BCUT2D eigenvalue weighted by molar-refractivity contribution is -0.0831. The Morgan fingerprint density at radius 2 is 1.94 bits per heavy atom. The van der Waals surface area contributed by atoms with E-state index in [9.17, 15) is 33.7 Å². The summed E-state index contributed by atoms with van der Waals surface area (Å²) in [5.74, 6) is 1.84. The topological polar surface area (TPSA) is 282 Å². The number of hydrogen-bond donors (Lipinski definition) is 8. The highest BCUT2D eigenvalue weighted by atomic mass is 32.1. The summed E-state index contributed by atoms with van der Waals surface area (Å²) in [6.45, 7) is 1.03. The van der Waals surface area contributed by atoms with Crippen LogP contribution in [0.1, 0.15) is 13.2 Å². The molecule has 0 bridgehead atoms. The third kappa shape index (κ3) is 5.88. The molecule has 1 aliphatic heterocycles. The van der Waals surface area contributed by atoms with E-state index in [1.165, 1.54) is 0 Å². The number of anilines is 1. The summed E-state index contributed by atoms with van der Waals surface area (Å²) >= 11 is 5.10. The zero-order valence-corrected chi connectivity index (χ0v) is 20.7. The van der Waals surface area contributed by atoms with Gasteiger partial charge in [0.1, 0.15) is 22.4 Å². The quantitative estimate of drug-likeness (QED) is 0.111. The Bertz CT molecular complexity index is 1390. The van der Waals surface area contributed by atoms with Gasteiger partial charge in [-0.25, -0.2) is 18.7 Å². The molecule has 1 fully saturated rings. The van der Waals surface area contributed by atoms with E-state index >= 15 is 0 Å². The summed E-state index contributed by atoms with van der Waals surface area (Å²) in [5.41, 5.74) is 3.29. The number of phosphoric acid groups is 3. The largest absolute Gasteiger partial charge is 0.490 e. The first-order valence-electron chi connectivity index (χ1n) is 8.97. The third-order valence-corrected chi connectivity index (χ3v) is 8.76. The monoisotopic (exact) mass is 577 g/mol. The minimum atomic E-state index is -5.79. The molecular formula is C13H18N5O13P3S. The summed E-state index contributed by atoms with van der Waals surface area (Å²) < 4.78 is 53.1.